The van der Waals surface area contributed by atoms with Gasteiger partial charge in [0.15, 0.2) is 0 Å². The van der Waals surface area contributed by atoms with Gasteiger partial charge in [0.05, 0.1) is 25.7 Å². The monoisotopic (exact) mass is 434 g/mol. The molecule has 0 bridgehead atoms. The third-order valence-electron chi connectivity index (χ3n) is 4.60. The number of amides is 1. The summed E-state index contributed by atoms with van der Waals surface area (Å²) in [7, 11) is -2.06. The number of carbonyl (C=O) groups excluding carboxylic acids is 1. The summed E-state index contributed by atoms with van der Waals surface area (Å²) >= 11 is 0. The van der Waals surface area contributed by atoms with Crippen LogP contribution in [0.25, 0.3) is 0 Å². The van der Waals surface area contributed by atoms with Gasteiger partial charge >= 0.3 is 0 Å². The highest BCUT2D eigenvalue weighted by molar-refractivity contribution is 7.92. The highest BCUT2D eigenvalue weighted by atomic mass is 32.2. The van der Waals surface area contributed by atoms with E-state index in [1.807, 2.05) is 31.2 Å². The van der Waals surface area contributed by atoms with Gasteiger partial charge in [0.25, 0.3) is 0 Å². The SMILES string of the molecule is CCOc1ccc(N([C@@H](CC)C(=O)NCCc2ccc(OC)cc2)S(C)(=O)=O)cc1. The Morgan fingerprint density at radius 2 is 1.63 bits per heavy atom. The van der Waals surface area contributed by atoms with Crippen LogP contribution in [0.3, 0.4) is 0 Å². The van der Waals surface area contributed by atoms with E-state index in [1.54, 1.807) is 38.3 Å². The zero-order valence-electron chi connectivity index (χ0n) is 17.9. The van der Waals surface area contributed by atoms with E-state index < -0.39 is 16.1 Å². The van der Waals surface area contributed by atoms with E-state index in [-0.39, 0.29) is 5.91 Å². The molecule has 30 heavy (non-hydrogen) atoms. The van der Waals surface area contributed by atoms with E-state index >= 15 is 0 Å². The minimum absolute atomic E-state index is 0.328. The van der Waals surface area contributed by atoms with E-state index in [2.05, 4.69) is 5.32 Å². The van der Waals surface area contributed by atoms with E-state index in [9.17, 15) is 13.2 Å². The first-order valence-electron chi connectivity index (χ1n) is 9.93. The third-order valence-corrected chi connectivity index (χ3v) is 5.78. The van der Waals surface area contributed by atoms with Crippen LogP contribution in [0.5, 0.6) is 11.5 Å². The number of carbonyl (C=O) groups is 1. The number of rotatable bonds is 11. The standard InChI is InChI=1S/C22H30N2O5S/c1-5-21(22(25)23-16-15-17-7-11-19(28-3)12-8-17)24(30(4,26)27)18-9-13-20(14-10-18)29-6-2/h7-14,21H,5-6,15-16H2,1-4H3,(H,23,25)/t21-/m0/s1. The van der Waals surface area contributed by atoms with Crippen molar-refractivity contribution >= 4 is 21.6 Å². The molecule has 2 aromatic carbocycles. The molecule has 0 radical (unpaired) electrons. The van der Waals surface area contributed by atoms with Gasteiger partial charge in [-0.25, -0.2) is 8.42 Å². The molecule has 0 aliphatic heterocycles. The molecule has 2 aromatic rings. The van der Waals surface area contributed by atoms with Crippen molar-refractivity contribution in [2.45, 2.75) is 32.7 Å². The molecule has 8 heteroatoms. The first kappa shape index (κ1) is 23.5. The summed E-state index contributed by atoms with van der Waals surface area (Å²) in [6.45, 7) is 4.59. The maximum absolute atomic E-state index is 12.8. The minimum Gasteiger partial charge on any atom is -0.497 e. The Bertz CT molecular complexity index is 912. The van der Waals surface area contributed by atoms with Gasteiger partial charge in [0, 0.05) is 6.54 Å². The number of benzene rings is 2. The number of sulfonamides is 1. The highest BCUT2D eigenvalue weighted by Crippen LogP contribution is 2.25. The quantitative estimate of drug-likeness (QED) is 0.588. The average Bonchev–Trinajstić information content (AvgIpc) is 2.72. The van der Waals surface area contributed by atoms with Crippen molar-refractivity contribution in [1.29, 1.82) is 0 Å². The molecule has 0 saturated carbocycles. The number of ether oxygens (including phenoxy) is 2. The molecule has 1 amide bonds. The van der Waals surface area contributed by atoms with Gasteiger partial charge in [-0.15, -0.1) is 0 Å². The van der Waals surface area contributed by atoms with Gasteiger partial charge in [-0.1, -0.05) is 19.1 Å². The summed E-state index contributed by atoms with van der Waals surface area (Å²) in [5, 5.41) is 2.86. The average molecular weight is 435 g/mol. The summed E-state index contributed by atoms with van der Waals surface area (Å²) in [4.78, 5) is 12.8. The summed E-state index contributed by atoms with van der Waals surface area (Å²) in [5.41, 5.74) is 1.48. The molecule has 7 nitrogen and oxygen atoms in total. The fourth-order valence-corrected chi connectivity index (χ4v) is 4.37. The maximum atomic E-state index is 12.8. The smallest absolute Gasteiger partial charge is 0.243 e. The van der Waals surface area contributed by atoms with Crippen molar-refractivity contribution in [3.63, 3.8) is 0 Å². The Kier molecular flexibility index (Phi) is 8.53. The van der Waals surface area contributed by atoms with Crippen molar-refractivity contribution in [2.24, 2.45) is 0 Å². The lowest BCUT2D eigenvalue weighted by molar-refractivity contribution is -0.122. The molecular formula is C22H30N2O5S. The van der Waals surface area contributed by atoms with Crippen LogP contribution in [0.15, 0.2) is 48.5 Å². The Hall–Kier alpha value is -2.74. The van der Waals surface area contributed by atoms with Crippen molar-refractivity contribution in [3.8, 4) is 11.5 Å². The van der Waals surface area contributed by atoms with Gasteiger partial charge in [-0.3, -0.25) is 9.10 Å². The van der Waals surface area contributed by atoms with Gasteiger partial charge in [-0.2, -0.15) is 0 Å². The number of anilines is 1. The predicted molar refractivity (Wildman–Crippen MR) is 119 cm³/mol. The van der Waals surface area contributed by atoms with Gasteiger partial charge in [-0.05, 0) is 61.7 Å². The molecule has 0 aliphatic carbocycles. The first-order chi connectivity index (χ1) is 14.3. The van der Waals surface area contributed by atoms with Crippen LogP contribution >= 0.6 is 0 Å². The van der Waals surface area contributed by atoms with Crippen LogP contribution in [-0.4, -0.2) is 46.9 Å². The second-order valence-electron chi connectivity index (χ2n) is 6.80. The minimum atomic E-state index is -3.67. The van der Waals surface area contributed by atoms with Crippen molar-refractivity contribution in [3.05, 3.63) is 54.1 Å². The summed E-state index contributed by atoms with van der Waals surface area (Å²) in [6, 6.07) is 13.5. The Morgan fingerprint density at radius 1 is 1.03 bits per heavy atom. The zero-order valence-corrected chi connectivity index (χ0v) is 18.7. The fourth-order valence-electron chi connectivity index (χ4n) is 3.16. The largest absolute Gasteiger partial charge is 0.497 e. The van der Waals surface area contributed by atoms with Gasteiger partial charge in [0.2, 0.25) is 15.9 Å². The third kappa shape index (κ3) is 6.38. The Balaban J connectivity index is 2.10. The van der Waals surface area contributed by atoms with Crippen molar-refractivity contribution in [1.82, 2.24) is 5.32 Å². The second-order valence-corrected chi connectivity index (χ2v) is 8.66. The maximum Gasteiger partial charge on any atom is 0.243 e. The van der Waals surface area contributed by atoms with Crippen molar-refractivity contribution in [2.75, 3.05) is 30.8 Å². The zero-order chi connectivity index (χ0) is 22.1. The van der Waals surface area contributed by atoms with Crippen LogP contribution in [0.1, 0.15) is 25.8 Å². The molecule has 0 spiro atoms. The molecule has 0 heterocycles. The number of nitrogens with one attached hydrogen (secondary N) is 1. The van der Waals surface area contributed by atoms with Crippen LogP contribution in [0, 0.1) is 0 Å². The van der Waals surface area contributed by atoms with Gasteiger partial charge in [0.1, 0.15) is 17.5 Å². The van der Waals surface area contributed by atoms with Crippen LogP contribution in [-0.2, 0) is 21.2 Å². The molecule has 1 N–H and O–H groups in total. The van der Waals surface area contributed by atoms with Crippen LogP contribution in [0.4, 0.5) is 5.69 Å². The molecule has 0 fully saturated rings. The predicted octanol–water partition coefficient (Wildman–Crippen LogP) is 3.00. The molecule has 0 unspecified atom stereocenters. The Morgan fingerprint density at radius 3 is 2.13 bits per heavy atom. The summed E-state index contributed by atoms with van der Waals surface area (Å²) < 4.78 is 36.7. The van der Waals surface area contributed by atoms with E-state index in [4.69, 9.17) is 9.47 Å². The van der Waals surface area contributed by atoms with E-state index in [1.165, 1.54) is 4.31 Å². The number of hydrogen-bond acceptors (Lipinski definition) is 5. The first-order valence-corrected chi connectivity index (χ1v) is 11.8. The molecule has 1 atom stereocenters. The number of hydrogen-bond donors (Lipinski definition) is 1. The lowest BCUT2D eigenvalue weighted by Gasteiger charge is -2.30. The molecule has 0 aromatic heterocycles. The van der Waals surface area contributed by atoms with Crippen LogP contribution < -0.4 is 19.1 Å². The molecule has 2 rings (SSSR count). The topological polar surface area (TPSA) is 84.9 Å². The van der Waals surface area contributed by atoms with E-state index in [0.717, 1.165) is 17.6 Å². The lowest BCUT2D eigenvalue weighted by atomic mass is 10.1. The fraction of sp³-hybridized carbons (Fsp3) is 0.409. The molecule has 0 saturated heterocycles. The molecule has 164 valence electrons. The molecular weight excluding hydrogens is 404 g/mol. The second kappa shape index (κ2) is 10.9. The summed E-state index contributed by atoms with van der Waals surface area (Å²) in [6.07, 6.45) is 2.08. The summed E-state index contributed by atoms with van der Waals surface area (Å²) in [5.74, 6) is 1.09. The highest BCUT2D eigenvalue weighted by Gasteiger charge is 2.31. The van der Waals surface area contributed by atoms with Gasteiger partial charge < -0.3 is 14.8 Å². The molecule has 0 aliphatic rings. The Labute approximate surface area is 179 Å². The van der Waals surface area contributed by atoms with E-state index in [0.29, 0.717) is 37.4 Å². The number of methoxy groups -OCH3 is 1. The van der Waals surface area contributed by atoms with Crippen molar-refractivity contribution < 1.29 is 22.7 Å². The van der Waals surface area contributed by atoms with Crippen LogP contribution in [0.2, 0.25) is 0 Å². The normalized spacial score (nSPS) is 12.1. The number of nitrogens with zero attached hydrogens (tertiary/aromatic N) is 1. The lowest BCUT2D eigenvalue weighted by Crippen LogP contribution is -2.49.